The van der Waals surface area contributed by atoms with Crippen LogP contribution in [0.25, 0.3) is 11.6 Å². The van der Waals surface area contributed by atoms with E-state index in [0.717, 1.165) is 18.5 Å². The predicted molar refractivity (Wildman–Crippen MR) is 95.8 cm³/mol. The largest absolute Gasteiger partial charge is 0.335 e. The monoisotopic (exact) mass is 303 g/mol. The number of aryl methyl sites for hydroxylation is 1. The number of hydrogen-bond acceptors (Lipinski definition) is 1. The van der Waals surface area contributed by atoms with E-state index >= 15 is 0 Å². The fourth-order valence-electron chi connectivity index (χ4n) is 2.82. The van der Waals surface area contributed by atoms with Crippen molar-refractivity contribution in [2.75, 3.05) is 13.1 Å². The summed E-state index contributed by atoms with van der Waals surface area (Å²) in [5.41, 5.74) is 4.87. The quantitative estimate of drug-likeness (QED) is 0.773. The summed E-state index contributed by atoms with van der Waals surface area (Å²) in [6, 6.07) is 18.5. The minimum Gasteiger partial charge on any atom is -0.335 e. The lowest BCUT2D eigenvalue weighted by atomic mass is 9.99. The van der Waals surface area contributed by atoms with Crippen molar-refractivity contribution in [3.8, 4) is 0 Å². The molecule has 0 atom stereocenters. The smallest absolute Gasteiger partial charge is 0.246 e. The summed E-state index contributed by atoms with van der Waals surface area (Å²) < 4.78 is 0. The highest BCUT2D eigenvalue weighted by Gasteiger charge is 2.15. The van der Waals surface area contributed by atoms with E-state index in [0.29, 0.717) is 6.54 Å². The molecule has 0 saturated carbocycles. The molecule has 0 bridgehead atoms. The molecule has 0 unspecified atom stereocenters. The van der Waals surface area contributed by atoms with Crippen LogP contribution in [0.2, 0.25) is 0 Å². The average Bonchev–Trinajstić information content (AvgIpc) is 2.62. The molecule has 2 nitrogen and oxygen atoms in total. The van der Waals surface area contributed by atoms with Crippen LogP contribution >= 0.6 is 0 Å². The van der Waals surface area contributed by atoms with E-state index < -0.39 is 0 Å². The first-order chi connectivity index (χ1) is 11.2. The molecule has 2 heteroatoms. The molecule has 0 fully saturated rings. The van der Waals surface area contributed by atoms with Crippen molar-refractivity contribution >= 4 is 17.6 Å². The van der Waals surface area contributed by atoms with Crippen molar-refractivity contribution in [3.05, 3.63) is 83.4 Å². The second-order valence-electron chi connectivity index (χ2n) is 5.82. The molecule has 0 aromatic heterocycles. The Morgan fingerprint density at radius 2 is 1.78 bits per heavy atom. The fraction of sp³-hybridized carbons (Fsp3) is 0.190. The van der Waals surface area contributed by atoms with Gasteiger partial charge in [-0.15, -0.1) is 0 Å². The third kappa shape index (κ3) is 3.78. The first kappa shape index (κ1) is 15.3. The van der Waals surface area contributed by atoms with Gasteiger partial charge in [0.1, 0.15) is 0 Å². The summed E-state index contributed by atoms with van der Waals surface area (Å²) in [4.78, 5) is 14.2. The molecule has 3 rings (SSSR count). The summed E-state index contributed by atoms with van der Waals surface area (Å²) in [6.45, 7) is 3.51. The SMILES string of the molecule is Cc1ccccc1/C=C/C(=O)N1CC=C(c2ccccc2)CC1. The summed E-state index contributed by atoms with van der Waals surface area (Å²) in [6.07, 6.45) is 6.67. The zero-order valence-electron chi connectivity index (χ0n) is 13.4. The third-order valence-electron chi connectivity index (χ3n) is 4.26. The molecule has 0 aliphatic carbocycles. The Morgan fingerprint density at radius 1 is 1.04 bits per heavy atom. The van der Waals surface area contributed by atoms with Gasteiger partial charge in [-0.1, -0.05) is 60.7 Å². The lowest BCUT2D eigenvalue weighted by molar-refractivity contribution is -0.125. The van der Waals surface area contributed by atoms with E-state index in [1.807, 2.05) is 35.2 Å². The maximum atomic E-state index is 12.3. The van der Waals surface area contributed by atoms with E-state index in [4.69, 9.17) is 0 Å². The van der Waals surface area contributed by atoms with Gasteiger partial charge in [-0.05, 0) is 41.7 Å². The number of benzene rings is 2. The molecule has 2 aromatic rings. The van der Waals surface area contributed by atoms with Gasteiger partial charge in [-0.3, -0.25) is 4.79 Å². The molecule has 0 spiro atoms. The molecule has 0 N–H and O–H groups in total. The minimum absolute atomic E-state index is 0.0802. The first-order valence-corrected chi connectivity index (χ1v) is 8.01. The van der Waals surface area contributed by atoms with Crippen LogP contribution in [0.1, 0.15) is 23.1 Å². The Balaban J connectivity index is 1.64. The Hall–Kier alpha value is -2.61. The summed E-state index contributed by atoms with van der Waals surface area (Å²) in [7, 11) is 0. The Bertz CT molecular complexity index is 743. The number of amides is 1. The van der Waals surface area contributed by atoms with Crippen LogP contribution in [0, 0.1) is 6.92 Å². The van der Waals surface area contributed by atoms with Crippen molar-refractivity contribution in [2.24, 2.45) is 0 Å². The molecule has 2 aromatic carbocycles. The molecule has 1 amide bonds. The van der Waals surface area contributed by atoms with Crippen molar-refractivity contribution in [1.82, 2.24) is 4.90 Å². The summed E-state index contributed by atoms with van der Waals surface area (Å²) in [5, 5.41) is 0. The van der Waals surface area contributed by atoms with E-state index in [1.54, 1.807) is 6.08 Å². The van der Waals surface area contributed by atoms with Crippen molar-refractivity contribution in [1.29, 1.82) is 0 Å². The van der Waals surface area contributed by atoms with Crippen molar-refractivity contribution in [3.63, 3.8) is 0 Å². The number of carbonyl (C=O) groups excluding carboxylic acids is 1. The molecule has 1 aliphatic heterocycles. The number of carbonyl (C=O) groups is 1. The van der Waals surface area contributed by atoms with Gasteiger partial charge in [0, 0.05) is 19.2 Å². The predicted octanol–water partition coefficient (Wildman–Crippen LogP) is 4.32. The van der Waals surface area contributed by atoms with Crippen LogP contribution < -0.4 is 0 Å². The van der Waals surface area contributed by atoms with Gasteiger partial charge in [-0.2, -0.15) is 0 Å². The van der Waals surface area contributed by atoms with Gasteiger partial charge in [0.05, 0.1) is 0 Å². The Labute approximate surface area is 137 Å². The third-order valence-corrected chi connectivity index (χ3v) is 4.26. The standard InChI is InChI=1S/C21H21NO/c1-17-7-5-6-8-18(17)11-12-21(23)22-15-13-20(14-16-22)19-9-3-2-4-10-19/h2-13H,14-16H2,1H3/b12-11+. The van der Waals surface area contributed by atoms with Gasteiger partial charge in [0.2, 0.25) is 5.91 Å². The first-order valence-electron chi connectivity index (χ1n) is 8.01. The zero-order valence-corrected chi connectivity index (χ0v) is 13.4. The Kier molecular flexibility index (Phi) is 4.72. The molecular formula is C21H21NO. The van der Waals surface area contributed by atoms with Gasteiger partial charge in [-0.25, -0.2) is 0 Å². The fourth-order valence-corrected chi connectivity index (χ4v) is 2.82. The second kappa shape index (κ2) is 7.10. The number of hydrogen-bond donors (Lipinski definition) is 0. The van der Waals surface area contributed by atoms with E-state index in [-0.39, 0.29) is 5.91 Å². The van der Waals surface area contributed by atoms with E-state index in [1.165, 1.54) is 16.7 Å². The Morgan fingerprint density at radius 3 is 2.48 bits per heavy atom. The number of rotatable bonds is 3. The normalized spacial score (nSPS) is 14.8. The molecule has 1 aliphatic rings. The summed E-state index contributed by atoms with van der Waals surface area (Å²) in [5.74, 6) is 0.0802. The van der Waals surface area contributed by atoms with Crippen LogP contribution in [0.5, 0.6) is 0 Å². The average molecular weight is 303 g/mol. The summed E-state index contributed by atoms with van der Waals surface area (Å²) >= 11 is 0. The zero-order chi connectivity index (χ0) is 16.1. The minimum atomic E-state index is 0.0802. The number of nitrogens with zero attached hydrogens (tertiary/aromatic N) is 1. The maximum Gasteiger partial charge on any atom is 0.246 e. The van der Waals surface area contributed by atoms with Crippen LogP contribution in [0.15, 0.2) is 66.7 Å². The highest BCUT2D eigenvalue weighted by Crippen LogP contribution is 2.22. The molecular weight excluding hydrogens is 282 g/mol. The van der Waals surface area contributed by atoms with E-state index in [9.17, 15) is 4.79 Å². The molecule has 23 heavy (non-hydrogen) atoms. The molecule has 0 radical (unpaired) electrons. The topological polar surface area (TPSA) is 20.3 Å². The van der Waals surface area contributed by atoms with E-state index in [2.05, 4.69) is 43.3 Å². The van der Waals surface area contributed by atoms with Gasteiger partial charge in [0.15, 0.2) is 0 Å². The van der Waals surface area contributed by atoms with Crippen LogP contribution in [0.3, 0.4) is 0 Å². The lowest BCUT2D eigenvalue weighted by Gasteiger charge is -2.25. The highest BCUT2D eigenvalue weighted by molar-refractivity contribution is 5.92. The van der Waals surface area contributed by atoms with Crippen LogP contribution in [0.4, 0.5) is 0 Å². The van der Waals surface area contributed by atoms with Crippen molar-refractivity contribution < 1.29 is 4.79 Å². The second-order valence-corrected chi connectivity index (χ2v) is 5.82. The molecule has 0 saturated heterocycles. The van der Waals surface area contributed by atoms with Gasteiger partial charge in [0.25, 0.3) is 0 Å². The highest BCUT2D eigenvalue weighted by atomic mass is 16.2. The van der Waals surface area contributed by atoms with Crippen LogP contribution in [-0.2, 0) is 4.79 Å². The lowest BCUT2D eigenvalue weighted by Crippen LogP contribution is -2.33. The maximum absolute atomic E-state index is 12.3. The van der Waals surface area contributed by atoms with Gasteiger partial charge < -0.3 is 4.90 Å². The van der Waals surface area contributed by atoms with Crippen LogP contribution in [-0.4, -0.2) is 23.9 Å². The van der Waals surface area contributed by atoms with Crippen molar-refractivity contribution in [2.45, 2.75) is 13.3 Å². The molecule has 1 heterocycles. The molecule has 116 valence electrons. The van der Waals surface area contributed by atoms with Gasteiger partial charge >= 0.3 is 0 Å².